The first-order valence-corrected chi connectivity index (χ1v) is 5.04. The molecule has 74 valence electrons. The van der Waals surface area contributed by atoms with Gasteiger partial charge in [0.05, 0.1) is 15.4 Å². The van der Waals surface area contributed by atoms with Gasteiger partial charge in [0.15, 0.2) is 0 Å². The minimum absolute atomic E-state index is 0.278. The van der Waals surface area contributed by atoms with E-state index in [1.165, 1.54) is 0 Å². The van der Waals surface area contributed by atoms with Crippen molar-refractivity contribution in [3.05, 3.63) is 28.1 Å². The highest BCUT2D eigenvalue weighted by molar-refractivity contribution is 9.10. The Morgan fingerprint density at radius 3 is 3.00 bits per heavy atom. The topological polar surface area (TPSA) is 54.7 Å². The van der Waals surface area contributed by atoms with E-state index in [4.69, 9.17) is 5.73 Å². The minimum atomic E-state index is -0.278. The van der Waals surface area contributed by atoms with Crippen molar-refractivity contribution < 1.29 is 4.39 Å². The minimum Gasteiger partial charge on any atom is -0.330 e. The molecule has 1 heterocycles. The summed E-state index contributed by atoms with van der Waals surface area (Å²) in [5.74, 6) is -0.278. The Balaban J connectivity index is 2.69. The molecule has 0 aliphatic rings. The van der Waals surface area contributed by atoms with Crippen molar-refractivity contribution in [1.82, 2.24) is 10.2 Å². The van der Waals surface area contributed by atoms with E-state index in [0.29, 0.717) is 28.3 Å². The lowest BCUT2D eigenvalue weighted by molar-refractivity contribution is 0.632. The number of nitrogens with zero attached hydrogens (tertiary/aromatic N) is 1. The van der Waals surface area contributed by atoms with Crippen LogP contribution in [0.5, 0.6) is 0 Å². The molecule has 0 atom stereocenters. The van der Waals surface area contributed by atoms with Crippen LogP contribution in [-0.4, -0.2) is 16.7 Å². The van der Waals surface area contributed by atoms with Crippen LogP contribution in [0.25, 0.3) is 10.9 Å². The number of hydrogen-bond acceptors (Lipinski definition) is 2. The Hall–Kier alpha value is -0.940. The van der Waals surface area contributed by atoms with Crippen molar-refractivity contribution in [2.45, 2.75) is 6.42 Å². The smallest absolute Gasteiger partial charge is 0.148 e. The third-order valence-corrected chi connectivity index (χ3v) is 2.69. The molecule has 0 aliphatic heterocycles. The van der Waals surface area contributed by atoms with E-state index in [1.54, 1.807) is 12.1 Å². The van der Waals surface area contributed by atoms with Gasteiger partial charge in [-0.1, -0.05) is 0 Å². The molecule has 14 heavy (non-hydrogen) atoms. The normalized spacial score (nSPS) is 11.1. The molecule has 0 saturated carbocycles. The van der Waals surface area contributed by atoms with E-state index in [9.17, 15) is 4.39 Å². The average Bonchev–Trinajstić information content (AvgIpc) is 2.57. The van der Waals surface area contributed by atoms with Crippen molar-refractivity contribution in [2.75, 3.05) is 6.54 Å². The maximum atomic E-state index is 13.7. The van der Waals surface area contributed by atoms with Crippen molar-refractivity contribution in [2.24, 2.45) is 5.73 Å². The fraction of sp³-hybridized carbons (Fsp3) is 0.222. The third kappa shape index (κ3) is 1.42. The monoisotopic (exact) mass is 257 g/mol. The zero-order valence-corrected chi connectivity index (χ0v) is 8.94. The number of halogens is 2. The van der Waals surface area contributed by atoms with Crippen LogP contribution in [0.1, 0.15) is 5.69 Å². The Bertz CT molecular complexity index is 466. The van der Waals surface area contributed by atoms with E-state index in [0.717, 1.165) is 5.69 Å². The lowest BCUT2D eigenvalue weighted by Crippen LogP contribution is -2.03. The molecule has 0 fully saturated rings. The standard InChI is InChI=1S/C9H9BrFN3/c10-5-1-2-6-8(9(5)11)7(3-4-12)14-13-6/h1-2H,3-4,12H2,(H,13,14). The summed E-state index contributed by atoms with van der Waals surface area (Å²) in [4.78, 5) is 0. The highest BCUT2D eigenvalue weighted by Gasteiger charge is 2.11. The summed E-state index contributed by atoms with van der Waals surface area (Å²) in [5.41, 5.74) is 6.80. The summed E-state index contributed by atoms with van der Waals surface area (Å²) >= 11 is 3.14. The average molecular weight is 258 g/mol. The predicted molar refractivity (Wildman–Crippen MR) is 56.5 cm³/mol. The van der Waals surface area contributed by atoms with Crippen LogP contribution >= 0.6 is 15.9 Å². The highest BCUT2D eigenvalue weighted by atomic mass is 79.9. The van der Waals surface area contributed by atoms with E-state index in [2.05, 4.69) is 26.1 Å². The summed E-state index contributed by atoms with van der Waals surface area (Å²) in [6, 6.07) is 3.41. The van der Waals surface area contributed by atoms with E-state index >= 15 is 0 Å². The predicted octanol–water partition coefficient (Wildman–Crippen LogP) is 1.97. The van der Waals surface area contributed by atoms with E-state index in [-0.39, 0.29) is 5.82 Å². The van der Waals surface area contributed by atoms with Crippen LogP contribution in [0, 0.1) is 5.82 Å². The van der Waals surface area contributed by atoms with Gasteiger partial charge in [0.2, 0.25) is 0 Å². The molecular weight excluding hydrogens is 249 g/mol. The molecule has 0 amide bonds. The molecule has 0 saturated heterocycles. The van der Waals surface area contributed by atoms with Gasteiger partial charge in [0.25, 0.3) is 0 Å². The van der Waals surface area contributed by atoms with E-state index < -0.39 is 0 Å². The molecule has 3 N–H and O–H groups in total. The van der Waals surface area contributed by atoms with Crippen LogP contribution in [-0.2, 0) is 6.42 Å². The molecule has 3 nitrogen and oxygen atoms in total. The Labute approximate surface area is 88.6 Å². The maximum absolute atomic E-state index is 13.7. The molecule has 0 bridgehead atoms. The largest absolute Gasteiger partial charge is 0.330 e. The van der Waals surface area contributed by atoms with Crippen LogP contribution in [0.3, 0.4) is 0 Å². The molecule has 2 aromatic rings. The maximum Gasteiger partial charge on any atom is 0.148 e. The summed E-state index contributed by atoms with van der Waals surface area (Å²) in [5, 5.41) is 7.32. The van der Waals surface area contributed by atoms with Gasteiger partial charge in [-0.05, 0) is 34.6 Å². The third-order valence-electron chi connectivity index (χ3n) is 2.08. The van der Waals surface area contributed by atoms with Gasteiger partial charge in [-0.2, -0.15) is 5.10 Å². The van der Waals surface area contributed by atoms with Gasteiger partial charge >= 0.3 is 0 Å². The van der Waals surface area contributed by atoms with Crippen LogP contribution in [0.4, 0.5) is 4.39 Å². The van der Waals surface area contributed by atoms with Crippen molar-refractivity contribution in [1.29, 1.82) is 0 Å². The number of benzene rings is 1. The molecule has 1 aromatic heterocycles. The number of rotatable bonds is 2. The summed E-state index contributed by atoms with van der Waals surface area (Å²) in [6.07, 6.45) is 0.601. The Morgan fingerprint density at radius 2 is 2.29 bits per heavy atom. The van der Waals surface area contributed by atoms with Gasteiger partial charge in [-0.3, -0.25) is 5.10 Å². The molecule has 1 aromatic carbocycles. The number of nitrogens with two attached hydrogens (primary N) is 1. The van der Waals surface area contributed by atoms with Crippen molar-refractivity contribution in [3.63, 3.8) is 0 Å². The number of hydrogen-bond donors (Lipinski definition) is 2. The molecule has 5 heteroatoms. The van der Waals surface area contributed by atoms with Gasteiger partial charge in [0.1, 0.15) is 5.82 Å². The number of H-pyrrole nitrogens is 1. The molecule has 0 unspecified atom stereocenters. The summed E-state index contributed by atoms with van der Waals surface area (Å²) < 4.78 is 14.1. The van der Waals surface area contributed by atoms with Crippen molar-refractivity contribution in [3.8, 4) is 0 Å². The van der Waals surface area contributed by atoms with Crippen LogP contribution in [0.15, 0.2) is 16.6 Å². The number of aromatic nitrogens is 2. The molecule has 2 rings (SSSR count). The first-order chi connectivity index (χ1) is 6.74. The zero-order valence-electron chi connectivity index (χ0n) is 7.35. The summed E-state index contributed by atoms with van der Waals surface area (Å²) in [7, 11) is 0. The molecule has 0 aliphatic carbocycles. The van der Waals surface area contributed by atoms with Gasteiger partial charge < -0.3 is 5.73 Å². The first-order valence-electron chi connectivity index (χ1n) is 4.25. The second kappa shape index (κ2) is 3.67. The van der Waals surface area contributed by atoms with Gasteiger partial charge in [-0.15, -0.1) is 0 Å². The fourth-order valence-corrected chi connectivity index (χ4v) is 1.76. The molecule has 0 radical (unpaired) electrons. The molecule has 0 spiro atoms. The zero-order chi connectivity index (χ0) is 10.1. The Morgan fingerprint density at radius 1 is 1.50 bits per heavy atom. The fourth-order valence-electron chi connectivity index (χ4n) is 1.43. The van der Waals surface area contributed by atoms with Crippen molar-refractivity contribution >= 4 is 26.8 Å². The quantitative estimate of drug-likeness (QED) is 0.865. The van der Waals surface area contributed by atoms with E-state index in [1.807, 2.05) is 0 Å². The van der Waals surface area contributed by atoms with Crippen LogP contribution in [0.2, 0.25) is 0 Å². The number of fused-ring (bicyclic) bond motifs is 1. The lowest BCUT2D eigenvalue weighted by Gasteiger charge is -1.98. The lowest BCUT2D eigenvalue weighted by atomic mass is 10.1. The first kappa shape index (κ1) is 9.61. The SMILES string of the molecule is NCCc1[nH]nc2ccc(Br)c(F)c12. The Kier molecular flexibility index (Phi) is 2.52. The number of nitrogens with one attached hydrogen (secondary N) is 1. The van der Waals surface area contributed by atoms with Gasteiger partial charge in [-0.25, -0.2) is 4.39 Å². The summed E-state index contributed by atoms with van der Waals surface area (Å²) in [6.45, 7) is 0.475. The number of aromatic amines is 1. The second-order valence-corrected chi connectivity index (χ2v) is 3.85. The van der Waals surface area contributed by atoms with Gasteiger partial charge in [0, 0.05) is 12.1 Å². The highest BCUT2D eigenvalue weighted by Crippen LogP contribution is 2.26. The van der Waals surface area contributed by atoms with Crippen LogP contribution < -0.4 is 5.73 Å². The molecular formula is C9H9BrFN3. The second-order valence-electron chi connectivity index (χ2n) is 3.00.